The molecule has 0 amide bonds. The number of benzene rings is 1. The smallest absolute Gasteiger partial charge is 1.00 e. The van der Waals surface area contributed by atoms with Gasteiger partial charge < -0.3 is 10.9 Å². The fourth-order valence-electron chi connectivity index (χ4n) is 3.39. The van der Waals surface area contributed by atoms with Gasteiger partial charge in [0, 0.05) is 4.57 Å². The number of para-hydroxylation sites is 1. The standard InChI is InChI=1S/C20H38O7S.C6H5O3P.Na.H/c1-5-9-11-16(7-3)14-26-19(21)13-18(28(23,24)25)20(22)27-15-17(8-4)12-10-6-2;7-10(8)9-6-4-2-1-3-5-6;;/h16-18H,5-15H2,1-4H3,(H,23,24,25);1-5H;;/q;;+1;-1/p+1. The summed E-state index contributed by atoms with van der Waals surface area (Å²) in [5.41, 5.74) is 0. The fraction of sp³-hybridized carbons (Fsp3) is 0.692. The minimum Gasteiger partial charge on any atom is -1.00 e. The van der Waals surface area contributed by atoms with E-state index in [4.69, 9.17) is 14.4 Å². The van der Waals surface area contributed by atoms with Crippen molar-refractivity contribution < 1.29 is 77.0 Å². The van der Waals surface area contributed by atoms with Gasteiger partial charge in [-0.15, -0.1) is 4.89 Å². The normalized spacial score (nSPS) is 13.4. The summed E-state index contributed by atoms with van der Waals surface area (Å²) >= 11 is 0. The van der Waals surface area contributed by atoms with Gasteiger partial charge in [-0.1, -0.05) is 84.4 Å². The average molecular weight is 604 g/mol. The van der Waals surface area contributed by atoms with E-state index in [-0.39, 0.29) is 56.0 Å². The summed E-state index contributed by atoms with van der Waals surface area (Å²) in [6, 6.07) is 8.49. The molecule has 220 valence electrons. The summed E-state index contributed by atoms with van der Waals surface area (Å²) in [5.74, 6) is -1.20. The predicted octanol–water partition coefficient (Wildman–Crippen LogP) is 2.98. The fourth-order valence-corrected chi connectivity index (χ4v) is 4.35. The molecule has 0 radical (unpaired) electrons. The minimum absolute atomic E-state index is 0. The van der Waals surface area contributed by atoms with Crippen LogP contribution in [0.25, 0.3) is 0 Å². The summed E-state index contributed by atoms with van der Waals surface area (Å²) in [6.07, 6.45) is 6.74. The van der Waals surface area contributed by atoms with Gasteiger partial charge in [-0.05, 0) is 36.8 Å². The van der Waals surface area contributed by atoms with Crippen LogP contribution in [-0.2, 0) is 33.7 Å². The van der Waals surface area contributed by atoms with E-state index in [9.17, 15) is 27.1 Å². The molecule has 0 fully saturated rings. The summed E-state index contributed by atoms with van der Waals surface area (Å²) in [7, 11) is -7.29. The Bertz CT molecular complexity index is 921. The number of hydrogen-bond donors (Lipinski definition) is 2. The molecule has 39 heavy (non-hydrogen) atoms. The number of carbonyl (C=O) groups is 2. The molecule has 0 saturated carbocycles. The second-order valence-corrected chi connectivity index (χ2v) is 11.3. The molecule has 0 aromatic heterocycles. The molecule has 0 saturated heterocycles. The molecule has 0 heterocycles. The van der Waals surface area contributed by atoms with Crippen molar-refractivity contribution in [3.05, 3.63) is 30.3 Å². The van der Waals surface area contributed by atoms with Crippen molar-refractivity contribution >= 4 is 30.3 Å². The van der Waals surface area contributed by atoms with Gasteiger partial charge in [0.15, 0.2) is 11.0 Å². The van der Waals surface area contributed by atoms with Gasteiger partial charge in [0.2, 0.25) is 0 Å². The molecule has 1 aromatic carbocycles. The van der Waals surface area contributed by atoms with Crippen molar-refractivity contribution in [3.63, 3.8) is 0 Å². The molecule has 2 N–H and O–H groups in total. The Hall–Kier alpha value is -1.07. The van der Waals surface area contributed by atoms with Gasteiger partial charge in [-0.3, -0.25) is 14.1 Å². The zero-order chi connectivity index (χ0) is 29.0. The third-order valence-electron chi connectivity index (χ3n) is 5.93. The third-order valence-corrected chi connectivity index (χ3v) is 7.37. The van der Waals surface area contributed by atoms with Crippen molar-refractivity contribution in [2.75, 3.05) is 13.2 Å². The summed E-state index contributed by atoms with van der Waals surface area (Å²) in [4.78, 5) is 32.5. The molecule has 1 rings (SSSR count). The van der Waals surface area contributed by atoms with E-state index in [1.54, 1.807) is 30.3 Å². The summed E-state index contributed by atoms with van der Waals surface area (Å²) < 4.78 is 57.3. The maximum atomic E-state index is 12.2. The number of ether oxygens (including phenoxy) is 2. The molecule has 0 spiro atoms. The summed E-state index contributed by atoms with van der Waals surface area (Å²) in [6.45, 7) is 8.35. The van der Waals surface area contributed by atoms with Crippen molar-refractivity contribution in [3.8, 4) is 5.75 Å². The number of carbonyl (C=O) groups excluding carboxylic acids is 2. The zero-order valence-corrected chi connectivity index (χ0v) is 27.6. The molecule has 1 aromatic rings. The van der Waals surface area contributed by atoms with Crippen molar-refractivity contribution in [2.24, 2.45) is 11.8 Å². The molecular weight excluding hydrogens is 558 g/mol. The first-order valence-corrected chi connectivity index (χ1v) is 15.8. The second kappa shape index (κ2) is 23.6. The maximum Gasteiger partial charge on any atom is 1.00 e. The Morgan fingerprint density at radius 1 is 0.923 bits per heavy atom. The van der Waals surface area contributed by atoms with Gasteiger partial charge in [-0.2, -0.15) is 8.42 Å². The SMILES string of the molecule is CCCCC(CC)COC(=O)CC(C(=O)OCC(CC)CCCC)S(=O)(=O)O.O=[P+](O)Oc1ccccc1.[H-].[Na+]. The maximum absolute atomic E-state index is 12.2. The number of hydrogen-bond acceptors (Lipinski definition) is 8. The van der Waals surface area contributed by atoms with Crippen molar-refractivity contribution in [2.45, 2.75) is 90.7 Å². The first-order valence-electron chi connectivity index (χ1n) is 13.2. The van der Waals surface area contributed by atoms with E-state index < -0.39 is 42.0 Å². The molecule has 0 aliphatic heterocycles. The van der Waals surface area contributed by atoms with E-state index in [1.165, 1.54) is 0 Å². The van der Waals surface area contributed by atoms with Gasteiger partial charge in [0.05, 0.1) is 19.6 Å². The van der Waals surface area contributed by atoms with Gasteiger partial charge in [-0.25, -0.2) is 4.52 Å². The quantitative estimate of drug-likeness (QED) is 0.111. The van der Waals surface area contributed by atoms with Gasteiger partial charge in [0.25, 0.3) is 10.1 Å². The Morgan fingerprint density at radius 3 is 1.82 bits per heavy atom. The molecule has 4 atom stereocenters. The minimum atomic E-state index is -4.76. The average Bonchev–Trinajstić information content (AvgIpc) is 2.87. The molecule has 0 aliphatic carbocycles. The van der Waals surface area contributed by atoms with E-state index in [0.717, 1.165) is 51.4 Å². The van der Waals surface area contributed by atoms with Crippen LogP contribution in [0.4, 0.5) is 0 Å². The molecule has 0 aliphatic rings. The van der Waals surface area contributed by atoms with Crippen LogP contribution in [0.5, 0.6) is 5.75 Å². The molecular formula is C26H45NaO10PS+. The van der Waals surface area contributed by atoms with E-state index in [1.807, 2.05) is 13.8 Å². The molecule has 4 unspecified atom stereocenters. The van der Waals surface area contributed by atoms with Crippen LogP contribution in [0.1, 0.15) is 86.9 Å². The number of rotatable bonds is 18. The molecule has 10 nitrogen and oxygen atoms in total. The molecule has 0 bridgehead atoms. The van der Waals surface area contributed by atoms with Crippen LogP contribution in [0, 0.1) is 11.8 Å². The van der Waals surface area contributed by atoms with Crippen molar-refractivity contribution in [1.29, 1.82) is 0 Å². The van der Waals surface area contributed by atoms with Crippen LogP contribution in [0.2, 0.25) is 0 Å². The first kappa shape index (κ1) is 40.1. The van der Waals surface area contributed by atoms with Gasteiger partial charge >= 0.3 is 49.8 Å². The number of esters is 2. The van der Waals surface area contributed by atoms with E-state index in [0.29, 0.717) is 5.75 Å². The Morgan fingerprint density at radius 2 is 1.41 bits per heavy atom. The third kappa shape index (κ3) is 20.5. The van der Waals surface area contributed by atoms with E-state index in [2.05, 4.69) is 18.4 Å². The molecule has 13 heteroatoms. The predicted molar refractivity (Wildman–Crippen MR) is 146 cm³/mol. The van der Waals surface area contributed by atoms with E-state index >= 15 is 0 Å². The van der Waals surface area contributed by atoms with Crippen LogP contribution in [-0.4, -0.2) is 48.3 Å². The first-order chi connectivity index (χ1) is 18.0. The van der Waals surface area contributed by atoms with Crippen LogP contribution < -0.4 is 34.1 Å². The van der Waals surface area contributed by atoms with Crippen LogP contribution in [0.15, 0.2) is 30.3 Å². The van der Waals surface area contributed by atoms with Crippen LogP contribution in [0.3, 0.4) is 0 Å². The Kier molecular flexibility index (Phi) is 24.3. The largest absolute Gasteiger partial charge is 1.00 e. The van der Waals surface area contributed by atoms with Crippen LogP contribution >= 0.6 is 8.25 Å². The number of unbranched alkanes of at least 4 members (excludes halogenated alkanes) is 2. The Balaban J connectivity index is -0.000000956. The summed E-state index contributed by atoms with van der Waals surface area (Å²) in [5, 5.41) is -1.95. The van der Waals surface area contributed by atoms with Gasteiger partial charge in [0.1, 0.15) is 0 Å². The van der Waals surface area contributed by atoms with Crippen molar-refractivity contribution in [1.82, 2.24) is 0 Å². The topological polar surface area (TPSA) is 154 Å². The Labute approximate surface area is 258 Å². The second-order valence-electron chi connectivity index (χ2n) is 9.00. The monoisotopic (exact) mass is 603 g/mol. The zero-order valence-electron chi connectivity index (χ0n) is 24.9.